The normalized spacial score (nSPS) is 12.9. The van der Waals surface area contributed by atoms with Crippen molar-refractivity contribution < 1.29 is 28.2 Å². The fourth-order valence-electron chi connectivity index (χ4n) is 2.00. The van der Waals surface area contributed by atoms with Crippen LogP contribution in [0.15, 0.2) is 18.3 Å². The highest BCUT2D eigenvalue weighted by atomic mass is 35.5. The van der Waals surface area contributed by atoms with Crippen molar-refractivity contribution in [2.75, 3.05) is 6.54 Å². The van der Waals surface area contributed by atoms with Gasteiger partial charge in [-0.3, -0.25) is 4.79 Å². The standard InChI is InChI=1S/C20H27ClFN3O5/c1-19(2,3)29-17(27)13(25-18(28)30-20(4,5)6)11-24-14(26)8-7-12-9-10-23-16(21)15(12)22/h7-10,13H,11H2,1-6H3,(H,24,26)(H,25,28)/b8-7+/t13-/m0/s1. The number of carbonyl (C=O) groups excluding carboxylic acids is 3. The number of carbonyl (C=O) groups is 3. The van der Waals surface area contributed by atoms with Gasteiger partial charge in [0.25, 0.3) is 0 Å². The van der Waals surface area contributed by atoms with E-state index < -0.39 is 41.0 Å². The van der Waals surface area contributed by atoms with Crippen molar-refractivity contribution in [3.63, 3.8) is 0 Å². The fraction of sp³-hybridized carbons (Fsp3) is 0.500. The maximum atomic E-state index is 13.8. The lowest BCUT2D eigenvalue weighted by atomic mass is 10.2. The molecule has 2 amide bonds. The summed E-state index contributed by atoms with van der Waals surface area (Å²) in [7, 11) is 0. The zero-order valence-electron chi connectivity index (χ0n) is 17.8. The number of hydrogen-bond acceptors (Lipinski definition) is 6. The van der Waals surface area contributed by atoms with Crippen molar-refractivity contribution >= 4 is 35.6 Å². The maximum Gasteiger partial charge on any atom is 0.408 e. The summed E-state index contributed by atoms with van der Waals surface area (Å²) in [6, 6.07) is 0.155. The zero-order chi connectivity index (χ0) is 23.1. The first-order chi connectivity index (χ1) is 13.7. The second kappa shape index (κ2) is 10.4. The SMILES string of the molecule is CC(C)(C)OC(=O)N[C@@H](CNC(=O)/C=C/c1ccnc(Cl)c1F)C(=O)OC(C)(C)C. The number of ether oxygens (including phenoxy) is 2. The highest BCUT2D eigenvalue weighted by Crippen LogP contribution is 2.16. The van der Waals surface area contributed by atoms with Gasteiger partial charge in [-0.15, -0.1) is 0 Å². The average Bonchev–Trinajstić information content (AvgIpc) is 2.56. The van der Waals surface area contributed by atoms with Crippen LogP contribution in [-0.2, 0) is 19.1 Å². The molecule has 0 unspecified atom stereocenters. The van der Waals surface area contributed by atoms with Crippen molar-refractivity contribution in [1.82, 2.24) is 15.6 Å². The molecule has 0 aliphatic heterocycles. The van der Waals surface area contributed by atoms with Crippen molar-refractivity contribution in [1.29, 1.82) is 0 Å². The Hall–Kier alpha value is -2.68. The molecule has 166 valence electrons. The predicted molar refractivity (Wildman–Crippen MR) is 110 cm³/mol. The summed E-state index contributed by atoms with van der Waals surface area (Å²) in [5.74, 6) is -2.13. The Morgan fingerprint density at radius 1 is 1.17 bits per heavy atom. The van der Waals surface area contributed by atoms with Crippen molar-refractivity contribution in [2.24, 2.45) is 0 Å². The van der Waals surface area contributed by atoms with Gasteiger partial charge >= 0.3 is 12.1 Å². The number of alkyl carbamates (subject to hydrolysis) is 1. The number of halogens is 2. The summed E-state index contributed by atoms with van der Waals surface area (Å²) in [5, 5.41) is 4.52. The summed E-state index contributed by atoms with van der Waals surface area (Å²) in [6.07, 6.45) is 2.74. The maximum absolute atomic E-state index is 13.8. The minimum absolute atomic E-state index is 0.0701. The molecule has 1 aromatic heterocycles. The van der Waals surface area contributed by atoms with Gasteiger partial charge in [0.1, 0.15) is 17.2 Å². The molecule has 0 spiro atoms. The average molecular weight is 444 g/mol. The first kappa shape index (κ1) is 25.4. The Balaban J connectivity index is 2.81. The van der Waals surface area contributed by atoms with E-state index >= 15 is 0 Å². The van der Waals surface area contributed by atoms with Gasteiger partial charge in [0.15, 0.2) is 11.0 Å². The van der Waals surface area contributed by atoms with Crippen LogP contribution in [0.5, 0.6) is 0 Å². The lowest BCUT2D eigenvalue weighted by Crippen LogP contribution is -2.51. The van der Waals surface area contributed by atoms with Crippen LogP contribution in [0, 0.1) is 5.82 Å². The van der Waals surface area contributed by atoms with Crippen molar-refractivity contribution in [3.05, 3.63) is 34.9 Å². The summed E-state index contributed by atoms with van der Waals surface area (Å²) < 4.78 is 24.2. The molecule has 30 heavy (non-hydrogen) atoms. The van der Waals surface area contributed by atoms with Crippen LogP contribution in [0.25, 0.3) is 6.08 Å². The predicted octanol–water partition coefficient (Wildman–Crippen LogP) is 3.24. The largest absolute Gasteiger partial charge is 0.458 e. The first-order valence-electron chi connectivity index (χ1n) is 9.16. The molecule has 1 aromatic rings. The molecule has 0 aromatic carbocycles. The van der Waals surface area contributed by atoms with Gasteiger partial charge < -0.3 is 20.1 Å². The molecular formula is C20H27ClFN3O5. The zero-order valence-corrected chi connectivity index (χ0v) is 18.6. The summed E-state index contributed by atoms with van der Waals surface area (Å²) in [4.78, 5) is 40.1. The fourth-order valence-corrected chi connectivity index (χ4v) is 2.17. The third kappa shape index (κ3) is 9.69. The minimum Gasteiger partial charge on any atom is -0.458 e. The summed E-state index contributed by atoms with van der Waals surface area (Å²) in [5.41, 5.74) is -1.50. The molecule has 2 N–H and O–H groups in total. The lowest BCUT2D eigenvalue weighted by molar-refractivity contribution is -0.157. The van der Waals surface area contributed by atoms with Gasteiger partial charge in [0.2, 0.25) is 5.91 Å². The molecular weight excluding hydrogens is 417 g/mol. The van der Waals surface area contributed by atoms with Crippen LogP contribution in [0.3, 0.4) is 0 Å². The third-order valence-corrected chi connectivity index (χ3v) is 3.42. The Kier molecular flexibility index (Phi) is 8.77. The Morgan fingerprint density at radius 2 is 1.77 bits per heavy atom. The topological polar surface area (TPSA) is 107 Å². The van der Waals surface area contributed by atoms with E-state index in [1.807, 2.05) is 0 Å². The molecule has 1 rings (SSSR count). The number of rotatable bonds is 6. The number of esters is 1. The van der Waals surface area contributed by atoms with Crippen LogP contribution >= 0.6 is 11.6 Å². The third-order valence-electron chi connectivity index (χ3n) is 3.15. The minimum atomic E-state index is -1.19. The van der Waals surface area contributed by atoms with Gasteiger partial charge in [-0.1, -0.05) is 11.6 Å². The molecule has 0 aliphatic rings. The Labute approximate surface area is 180 Å². The Bertz CT molecular complexity index is 816. The molecule has 0 bridgehead atoms. The highest BCUT2D eigenvalue weighted by molar-refractivity contribution is 6.29. The number of hydrogen-bond donors (Lipinski definition) is 2. The molecule has 0 aliphatic carbocycles. The molecule has 1 heterocycles. The lowest BCUT2D eigenvalue weighted by Gasteiger charge is -2.26. The van der Waals surface area contributed by atoms with E-state index in [0.29, 0.717) is 0 Å². The van der Waals surface area contributed by atoms with Crippen LogP contribution in [-0.4, -0.2) is 46.7 Å². The number of nitrogens with zero attached hydrogens (tertiary/aromatic N) is 1. The van der Waals surface area contributed by atoms with E-state index in [-0.39, 0.29) is 17.3 Å². The molecule has 1 atom stereocenters. The Morgan fingerprint density at radius 3 is 2.33 bits per heavy atom. The van der Waals surface area contributed by atoms with Gasteiger partial charge in [0.05, 0.1) is 0 Å². The highest BCUT2D eigenvalue weighted by Gasteiger charge is 2.28. The molecule has 0 fully saturated rings. The van der Waals surface area contributed by atoms with E-state index in [2.05, 4.69) is 15.6 Å². The summed E-state index contributed by atoms with van der Waals surface area (Å²) in [6.45, 7) is 9.77. The second-order valence-corrected chi connectivity index (χ2v) is 8.67. The molecule has 0 saturated carbocycles. The molecule has 10 heteroatoms. The van der Waals surface area contributed by atoms with Crippen molar-refractivity contribution in [3.8, 4) is 0 Å². The number of nitrogens with one attached hydrogen (secondary N) is 2. The van der Waals surface area contributed by atoms with E-state index in [4.69, 9.17) is 21.1 Å². The van der Waals surface area contributed by atoms with E-state index in [0.717, 1.165) is 6.08 Å². The van der Waals surface area contributed by atoms with Crippen LogP contribution in [0.4, 0.5) is 9.18 Å². The first-order valence-corrected chi connectivity index (χ1v) is 9.54. The number of aromatic nitrogens is 1. The smallest absolute Gasteiger partial charge is 0.408 e. The van der Waals surface area contributed by atoms with E-state index in [1.165, 1.54) is 18.3 Å². The number of amides is 2. The van der Waals surface area contributed by atoms with Gasteiger partial charge in [-0.2, -0.15) is 0 Å². The number of pyridine rings is 1. The van der Waals surface area contributed by atoms with E-state index in [1.54, 1.807) is 41.5 Å². The van der Waals surface area contributed by atoms with Crippen molar-refractivity contribution in [2.45, 2.75) is 58.8 Å². The van der Waals surface area contributed by atoms with Gasteiger partial charge in [0, 0.05) is 24.4 Å². The monoisotopic (exact) mass is 443 g/mol. The molecule has 0 saturated heterocycles. The summed E-state index contributed by atoms with van der Waals surface area (Å²) >= 11 is 5.59. The van der Waals surface area contributed by atoms with E-state index in [9.17, 15) is 18.8 Å². The van der Waals surface area contributed by atoms with Crippen LogP contribution in [0.2, 0.25) is 5.15 Å². The second-order valence-electron chi connectivity index (χ2n) is 8.32. The van der Waals surface area contributed by atoms with Gasteiger partial charge in [-0.05, 0) is 53.7 Å². The van der Waals surface area contributed by atoms with Crippen LogP contribution in [0.1, 0.15) is 47.1 Å². The molecule has 0 radical (unpaired) electrons. The molecule has 8 nitrogen and oxygen atoms in total. The quantitative estimate of drug-likeness (QED) is 0.397. The van der Waals surface area contributed by atoms with Crippen LogP contribution < -0.4 is 10.6 Å². The van der Waals surface area contributed by atoms with Gasteiger partial charge in [-0.25, -0.2) is 19.0 Å².